The molecule has 1 saturated heterocycles. The highest BCUT2D eigenvalue weighted by atomic mass is 19.1. The Morgan fingerprint density at radius 1 is 1.00 bits per heavy atom. The van der Waals surface area contributed by atoms with Gasteiger partial charge in [0.1, 0.15) is 5.82 Å². The average molecular weight is 304 g/mol. The first kappa shape index (κ1) is 15.0. The first-order valence-electron chi connectivity index (χ1n) is 8.00. The van der Waals surface area contributed by atoms with Crippen molar-refractivity contribution in [3.63, 3.8) is 0 Å². The molecule has 1 aromatic rings. The Bertz CT molecular complexity index is 550. The second kappa shape index (κ2) is 6.46. The van der Waals surface area contributed by atoms with E-state index in [4.69, 9.17) is 0 Å². The molecule has 0 bridgehead atoms. The van der Waals surface area contributed by atoms with Gasteiger partial charge < -0.3 is 10.2 Å². The third-order valence-electron chi connectivity index (χ3n) is 4.47. The fourth-order valence-corrected chi connectivity index (χ4v) is 3.05. The van der Waals surface area contributed by atoms with Crippen LogP contribution in [-0.2, 0) is 9.59 Å². The van der Waals surface area contributed by atoms with Crippen molar-refractivity contribution in [1.82, 2.24) is 4.90 Å². The summed E-state index contributed by atoms with van der Waals surface area (Å²) >= 11 is 0. The highest BCUT2D eigenvalue weighted by Gasteiger charge is 2.49. The van der Waals surface area contributed by atoms with Crippen molar-refractivity contribution < 1.29 is 14.0 Å². The van der Waals surface area contributed by atoms with Crippen molar-refractivity contribution in [2.75, 3.05) is 18.4 Å². The van der Waals surface area contributed by atoms with Crippen molar-refractivity contribution >= 4 is 17.5 Å². The summed E-state index contributed by atoms with van der Waals surface area (Å²) in [7, 11) is 0. The summed E-state index contributed by atoms with van der Waals surface area (Å²) in [5.74, 6) is -0.751. The van der Waals surface area contributed by atoms with Gasteiger partial charge in [0.2, 0.25) is 11.8 Å². The molecule has 1 aliphatic carbocycles. The van der Waals surface area contributed by atoms with Crippen LogP contribution in [0.15, 0.2) is 24.3 Å². The summed E-state index contributed by atoms with van der Waals surface area (Å²) in [4.78, 5) is 26.5. The molecule has 0 spiro atoms. The molecule has 3 rings (SSSR count). The summed E-state index contributed by atoms with van der Waals surface area (Å²) in [5.41, 5.74) is 0.569. The second-order valence-corrected chi connectivity index (χ2v) is 6.18. The zero-order valence-corrected chi connectivity index (χ0v) is 12.6. The van der Waals surface area contributed by atoms with E-state index in [1.165, 1.54) is 37.1 Å². The number of amides is 2. The van der Waals surface area contributed by atoms with Crippen LogP contribution in [0.4, 0.5) is 10.1 Å². The number of carbonyl (C=O) groups is 2. The van der Waals surface area contributed by atoms with Crippen LogP contribution in [0.2, 0.25) is 0 Å². The number of benzene rings is 1. The molecule has 1 saturated carbocycles. The molecule has 0 aromatic heterocycles. The molecule has 118 valence electrons. The number of anilines is 1. The standard InChI is InChI=1S/C17H21FN2O2/c18-12-5-7-13(8-6-12)19-16(21)14-11-15(14)17(22)20-9-3-1-2-4-10-20/h5-8,14-15H,1-4,9-11H2,(H,19,21). The first-order valence-corrected chi connectivity index (χ1v) is 8.00. The van der Waals surface area contributed by atoms with E-state index in [1.807, 2.05) is 4.90 Å². The molecule has 1 heterocycles. The fraction of sp³-hybridized carbons (Fsp3) is 0.529. The number of nitrogens with one attached hydrogen (secondary N) is 1. The number of likely N-dealkylation sites (tertiary alicyclic amines) is 1. The Morgan fingerprint density at radius 3 is 2.27 bits per heavy atom. The van der Waals surface area contributed by atoms with Gasteiger partial charge in [-0.25, -0.2) is 4.39 Å². The summed E-state index contributed by atoms with van der Waals surface area (Å²) in [5, 5.41) is 2.75. The normalized spacial score (nSPS) is 24.5. The van der Waals surface area contributed by atoms with Crippen LogP contribution < -0.4 is 5.32 Å². The SMILES string of the molecule is O=C(Nc1ccc(F)cc1)C1CC1C(=O)N1CCCCCC1. The van der Waals surface area contributed by atoms with Crippen molar-refractivity contribution in [3.05, 3.63) is 30.1 Å². The topological polar surface area (TPSA) is 49.4 Å². The molecule has 22 heavy (non-hydrogen) atoms. The zero-order chi connectivity index (χ0) is 15.5. The fourth-order valence-electron chi connectivity index (χ4n) is 3.05. The van der Waals surface area contributed by atoms with Crippen molar-refractivity contribution in [3.8, 4) is 0 Å². The van der Waals surface area contributed by atoms with Gasteiger partial charge in [0.25, 0.3) is 0 Å². The molecule has 0 radical (unpaired) electrons. The molecule has 5 heteroatoms. The zero-order valence-electron chi connectivity index (χ0n) is 12.6. The van der Waals surface area contributed by atoms with Crippen LogP contribution in [0.1, 0.15) is 32.1 Å². The van der Waals surface area contributed by atoms with Gasteiger partial charge in [-0.2, -0.15) is 0 Å². The number of hydrogen-bond donors (Lipinski definition) is 1. The van der Waals surface area contributed by atoms with Gasteiger partial charge in [0.05, 0.1) is 11.8 Å². The van der Waals surface area contributed by atoms with E-state index < -0.39 is 0 Å². The van der Waals surface area contributed by atoms with E-state index in [0.717, 1.165) is 25.9 Å². The molecule has 1 aromatic carbocycles. The Hall–Kier alpha value is -1.91. The number of rotatable bonds is 3. The van der Waals surface area contributed by atoms with E-state index in [2.05, 4.69) is 5.32 Å². The van der Waals surface area contributed by atoms with Crippen LogP contribution in [0.25, 0.3) is 0 Å². The monoisotopic (exact) mass is 304 g/mol. The van der Waals surface area contributed by atoms with E-state index >= 15 is 0 Å². The van der Waals surface area contributed by atoms with Crippen LogP contribution >= 0.6 is 0 Å². The third kappa shape index (κ3) is 3.46. The number of hydrogen-bond acceptors (Lipinski definition) is 2. The number of halogens is 1. The molecule has 2 aliphatic rings. The Kier molecular flexibility index (Phi) is 4.41. The molecule has 2 fully saturated rings. The lowest BCUT2D eigenvalue weighted by atomic mass is 10.2. The maximum atomic E-state index is 12.8. The Labute approximate surface area is 129 Å². The predicted molar refractivity (Wildman–Crippen MR) is 81.7 cm³/mol. The van der Waals surface area contributed by atoms with Gasteiger partial charge in [-0.1, -0.05) is 12.8 Å². The average Bonchev–Trinajstić information content (AvgIpc) is 3.33. The summed E-state index contributed by atoms with van der Waals surface area (Å²) in [6, 6.07) is 5.67. The van der Waals surface area contributed by atoms with Crippen molar-refractivity contribution in [1.29, 1.82) is 0 Å². The maximum absolute atomic E-state index is 12.8. The smallest absolute Gasteiger partial charge is 0.228 e. The largest absolute Gasteiger partial charge is 0.342 e. The maximum Gasteiger partial charge on any atom is 0.228 e. The Morgan fingerprint density at radius 2 is 1.64 bits per heavy atom. The number of nitrogens with zero attached hydrogens (tertiary/aromatic N) is 1. The van der Waals surface area contributed by atoms with Crippen molar-refractivity contribution in [2.45, 2.75) is 32.1 Å². The molecular formula is C17H21FN2O2. The van der Waals surface area contributed by atoms with Gasteiger partial charge in [0.15, 0.2) is 0 Å². The minimum absolute atomic E-state index is 0.126. The predicted octanol–water partition coefficient (Wildman–Crippen LogP) is 2.80. The van der Waals surface area contributed by atoms with E-state index in [9.17, 15) is 14.0 Å². The van der Waals surface area contributed by atoms with Gasteiger partial charge in [0, 0.05) is 18.8 Å². The number of carbonyl (C=O) groups excluding carboxylic acids is 2. The van der Waals surface area contributed by atoms with E-state index in [-0.39, 0.29) is 29.5 Å². The Balaban J connectivity index is 1.53. The van der Waals surface area contributed by atoms with Gasteiger partial charge in [-0.3, -0.25) is 9.59 Å². The molecular weight excluding hydrogens is 283 g/mol. The minimum Gasteiger partial charge on any atom is -0.342 e. The van der Waals surface area contributed by atoms with Crippen LogP contribution in [0.5, 0.6) is 0 Å². The lowest BCUT2D eigenvalue weighted by Crippen LogP contribution is -2.34. The van der Waals surface area contributed by atoms with E-state index in [1.54, 1.807) is 0 Å². The summed E-state index contributed by atoms with van der Waals surface area (Å²) < 4.78 is 12.8. The third-order valence-corrected chi connectivity index (χ3v) is 4.47. The van der Waals surface area contributed by atoms with Gasteiger partial charge in [-0.05, 0) is 43.5 Å². The molecule has 2 unspecified atom stereocenters. The quantitative estimate of drug-likeness (QED) is 0.933. The molecule has 1 aliphatic heterocycles. The lowest BCUT2D eigenvalue weighted by molar-refractivity contribution is -0.134. The summed E-state index contributed by atoms with van der Waals surface area (Å²) in [6.45, 7) is 1.64. The van der Waals surface area contributed by atoms with Gasteiger partial charge in [-0.15, -0.1) is 0 Å². The highest BCUT2D eigenvalue weighted by Crippen LogP contribution is 2.41. The van der Waals surface area contributed by atoms with E-state index in [0.29, 0.717) is 12.1 Å². The second-order valence-electron chi connectivity index (χ2n) is 6.18. The summed E-state index contributed by atoms with van der Waals surface area (Å²) in [6.07, 6.45) is 5.12. The molecule has 1 N–H and O–H groups in total. The molecule has 2 atom stereocenters. The van der Waals surface area contributed by atoms with Crippen LogP contribution in [-0.4, -0.2) is 29.8 Å². The van der Waals surface area contributed by atoms with Gasteiger partial charge >= 0.3 is 0 Å². The highest BCUT2D eigenvalue weighted by molar-refractivity contribution is 5.99. The van der Waals surface area contributed by atoms with Crippen molar-refractivity contribution in [2.24, 2.45) is 11.8 Å². The molecule has 4 nitrogen and oxygen atoms in total. The first-order chi connectivity index (χ1) is 10.6. The molecule has 2 amide bonds. The van der Waals surface area contributed by atoms with Crippen LogP contribution in [0.3, 0.4) is 0 Å². The lowest BCUT2D eigenvalue weighted by Gasteiger charge is -2.20. The van der Waals surface area contributed by atoms with Crippen LogP contribution in [0, 0.1) is 17.7 Å². The minimum atomic E-state index is -0.335.